The molecular weight excluding hydrogens is 316 g/mol. The quantitative estimate of drug-likeness (QED) is 0.848. The maximum absolute atomic E-state index is 13.2. The first kappa shape index (κ1) is 14.7. The predicted octanol–water partition coefficient (Wildman–Crippen LogP) is 2.98. The van der Waals surface area contributed by atoms with Crippen molar-refractivity contribution >= 4 is 17.5 Å². The van der Waals surface area contributed by atoms with E-state index >= 15 is 0 Å². The number of nitrogens with zero attached hydrogens (tertiary/aromatic N) is 2. The number of ether oxygens (including phenoxy) is 1. The van der Waals surface area contributed by atoms with Crippen LogP contribution >= 0.6 is 0 Å². The summed E-state index contributed by atoms with van der Waals surface area (Å²) in [5.41, 5.74) is 2.85. The van der Waals surface area contributed by atoms with Crippen molar-refractivity contribution in [3.8, 4) is 0 Å². The van der Waals surface area contributed by atoms with Gasteiger partial charge < -0.3 is 9.64 Å². The summed E-state index contributed by atoms with van der Waals surface area (Å²) in [4.78, 5) is 29.8. The highest BCUT2D eigenvalue weighted by Gasteiger charge is 2.48. The molecule has 0 unspecified atom stereocenters. The molecule has 0 bridgehead atoms. The number of para-hydroxylation sites is 1. The van der Waals surface area contributed by atoms with Crippen molar-refractivity contribution in [3.05, 3.63) is 65.2 Å². The maximum atomic E-state index is 13.2. The van der Waals surface area contributed by atoms with Crippen LogP contribution in [0.15, 0.2) is 48.5 Å². The molecule has 0 aromatic heterocycles. The van der Waals surface area contributed by atoms with Gasteiger partial charge in [-0.3, -0.25) is 14.5 Å². The molecule has 3 aliphatic heterocycles. The summed E-state index contributed by atoms with van der Waals surface area (Å²) < 4.78 is 5.76. The summed E-state index contributed by atoms with van der Waals surface area (Å²) in [6.07, 6.45) is 1.63. The Morgan fingerprint density at radius 1 is 0.960 bits per heavy atom. The Labute approximate surface area is 145 Å². The minimum Gasteiger partial charge on any atom is -0.376 e. The fourth-order valence-corrected chi connectivity index (χ4v) is 4.17. The highest BCUT2D eigenvalue weighted by atomic mass is 16.5. The molecule has 126 valence electrons. The Morgan fingerprint density at radius 2 is 1.72 bits per heavy atom. The topological polar surface area (TPSA) is 49.9 Å². The molecule has 1 fully saturated rings. The van der Waals surface area contributed by atoms with Crippen LogP contribution in [0.25, 0.3) is 0 Å². The number of fused-ring (bicyclic) bond motifs is 5. The van der Waals surface area contributed by atoms with Gasteiger partial charge in [0.25, 0.3) is 11.8 Å². The molecule has 0 aliphatic carbocycles. The van der Waals surface area contributed by atoms with E-state index in [0.717, 1.165) is 25.0 Å². The largest absolute Gasteiger partial charge is 0.376 e. The maximum Gasteiger partial charge on any atom is 0.260 e. The van der Waals surface area contributed by atoms with E-state index in [2.05, 4.69) is 0 Å². The summed E-state index contributed by atoms with van der Waals surface area (Å²) >= 11 is 0. The highest BCUT2D eigenvalue weighted by Crippen LogP contribution is 2.45. The molecule has 1 saturated heterocycles. The van der Waals surface area contributed by atoms with Crippen LogP contribution in [-0.4, -0.2) is 36.0 Å². The van der Waals surface area contributed by atoms with Crippen LogP contribution in [0.2, 0.25) is 0 Å². The van der Waals surface area contributed by atoms with Crippen molar-refractivity contribution in [2.45, 2.75) is 25.1 Å². The molecule has 25 heavy (non-hydrogen) atoms. The second-order valence-electron chi connectivity index (χ2n) is 6.75. The van der Waals surface area contributed by atoms with Crippen molar-refractivity contribution in [3.63, 3.8) is 0 Å². The molecule has 2 aromatic rings. The zero-order valence-electron chi connectivity index (χ0n) is 13.7. The van der Waals surface area contributed by atoms with Gasteiger partial charge in [0.2, 0.25) is 0 Å². The van der Waals surface area contributed by atoms with E-state index in [-0.39, 0.29) is 24.1 Å². The summed E-state index contributed by atoms with van der Waals surface area (Å²) in [5.74, 6) is -0.0743. The monoisotopic (exact) mass is 334 g/mol. The van der Waals surface area contributed by atoms with Crippen LogP contribution in [-0.2, 0) is 4.74 Å². The van der Waals surface area contributed by atoms with E-state index in [9.17, 15) is 9.59 Å². The van der Waals surface area contributed by atoms with Gasteiger partial charge in [-0.2, -0.15) is 0 Å². The standard InChI is InChI=1S/C20H18N2O3/c23-19-16-9-3-4-10-17(16)22-18(21(19)12-13-6-5-11-25-13)14-7-1-2-8-15(14)20(22)24/h1-4,7-10,13,18H,5-6,11-12H2/t13-,18+/m1/s1. The average Bonchev–Trinajstić information content (AvgIpc) is 3.26. The van der Waals surface area contributed by atoms with Crippen molar-refractivity contribution in [1.29, 1.82) is 0 Å². The number of benzene rings is 2. The zero-order chi connectivity index (χ0) is 17.0. The van der Waals surface area contributed by atoms with Gasteiger partial charge in [0.05, 0.1) is 17.4 Å². The fraction of sp³-hybridized carbons (Fsp3) is 0.300. The first-order valence-corrected chi connectivity index (χ1v) is 8.70. The van der Waals surface area contributed by atoms with Crippen LogP contribution in [0, 0.1) is 0 Å². The van der Waals surface area contributed by atoms with Gasteiger partial charge in [-0.25, -0.2) is 0 Å². The number of rotatable bonds is 2. The Kier molecular flexibility index (Phi) is 3.18. The predicted molar refractivity (Wildman–Crippen MR) is 92.4 cm³/mol. The second-order valence-corrected chi connectivity index (χ2v) is 6.75. The number of amides is 2. The minimum absolute atomic E-state index is 0.0307. The van der Waals surface area contributed by atoms with E-state index in [4.69, 9.17) is 4.74 Å². The SMILES string of the molecule is O=C1c2ccccc2N2C(=O)c3ccccc3[C@H]2N1C[C@H]1CCCO1. The molecule has 0 spiro atoms. The van der Waals surface area contributed by atoms with Gasteiger partial charge in [0.1, 0.15) is 6.17 Å². The Balaban J connectivity index is 1.66. The molecule has 0 saturated carbocycles. The van der Waals surface area contributed by atoms with E-state index in [0.29, 0.717) is 23.4 Å². The molecule has 3 aliphatic rings. The average molecular weight is 334 g/mol. The molecule has 2 atom stereocenters. The number of hydrogen-bond donors (Lipinski definition) is 0. The van der Waals surface area contributed by atoms with Crippen molar-refractivity contribution in [2.75, 3.05) is 18.1 Å². The lowest BCUT2D eigenvalue weighted by atomic mass is 10.0. The lowest BCUT2D eigenvalue weighted by Crippen LogP contribution is -2.50. The minimum atomic E-state index is -0.379. The summed E-state index contributed by atoms with van der Waals surface area (Å²) in [5, 5.41) is 0. The Hall–Kier alpha value is -2.66. The molecule has 5 heteroatoms. The van der Waals surface area contributed by atoms with E-state index in [1.54, 1.807) is 11.0 Å². The highest BCUT2D eigenvalue weighted by molar-refractivity contribution is 6.16. The first-order chi connectivity index (χ1) is 12.3. The zero-order valence-corrected chi connectivity index (χ0v) is 13.7. The third-order valence-corrected chi connectivity index (χ3v) is 5.31. The normalized spacial score (nSPS) is 24.3. The van der Waals surface area contributed by atoms with Gasteiger partial charge in [0, 0.05) is 24.3 Å². The number of carbonyl (C=O) groups excluding carboxylic acids is 2. The van der Waals surface area contributed by atoms with Gasteiger partial charge in [-0.1, -0.05) is 30.3 Å². The third-order valence-electron chi connectivity index (χ3n) is 5.31. The van der Waals surface area contributed by atoms with Crippen LogP contribution in [0.1, 0.15) is 45.3 Å². The summed E-state index contributed by atoms with van der Waals surface area (Å²) in [7, 11) is 0. The summed E-state index contributed by atoms with van der Waals surface area (Å²) in [6, 6.07) is 14.9. The van der Waals surface area contributed by atoms with Crippen LogP contribution < -0.4 is 4.90 Å². The van der Waals surface area contributed by atoms with Gasteiger partial charge >= 0.3 is 0 Å². The lowest BCUT2D eigenvalue weighted by molar-refractivity contribution is 0.0392. The van der Waals surface area contributed by atoms with E-state index in [1.807, 2.05) is 47.4 Å². The second kappa shape index (κ2) is 5.43. The van der Waals surface area contributed by atoms with Crippen molar-refractivity contribution < 1.29 is 14.3 Å². The molecule has 5 rings (SSSR count). The van der Waals surface area contributed by atoms with Crippen LogP contribution in [0.4, 0.5) is 5.69 Å². The van der Waals surface area contributed by atoms with Crippen LogP contribution in [0.3, 0.4) is 0 Å². The number of anilines is 1. The Bertz CT molecular complexity index is 873. The molecular formula is C20H18N2O3. The summed E-state index contributed by atoms with van der Waals surface area (Å²) in [6.45, 7) is 1.25. The molecule has 3 heterocycles. The first-order valence-electron chi connectivity index (χ1n) is 8.70. The van der Waals surface area contributed by atoms with E-state index in [1.165, 1.54) is 0 Å². The smallest absolute Gasteiger partial charge is 0.260 e. The number of hydrogen-bond acceptors (Lipinski definition) is 3. The molecule has 2 amide bonds. The van der Waals surface area contributed by atoms with E-state index < -0.39 is 0 Å². The molecule has 0 radical (unpaired) electrons. The Morgan fingerprint density at radius 3 is 2.52 bits per heavy atom. The van der Waals surface area contributed by atoms with Crippen molar-refractivity contribution in [1.82, 2.24) is 4.90 Å². The molecule has 0 N–H and O–H groups in total. The fourth-order valence-electron chi connectivity index (χ4n) is 4.17. The van der Waals surface area contributed by atoms with Gasteiger partial charge in [-0.05, 0) is 31.0 Å². The van der Waals surface area contributed by atoms with Crippen molar-refractivity contribution in [2.24, 2.45) is 0 Å². The number of carbonyl (C=O) groups is 2. The molecule has 5 nitrogen and oxygen atoms in total. The molecule has 2 aromatic carbocycles. The van der Waals surface area contributed by atoms with Gasteiger partial charge in [0.15, 0.2) is 0 Å². The third kappa shape index (κ3) is 2.05. The van der Waals surface area contributed by atoms with Crippen LogP contribution in [0.5, 0.6) is 0 Å². The lowest BCUT2D eigenvalue weighted by Gasteiger charge is -2.41. The van der Waals surface area contributed by atoms with Gasteiger partial charge in [-0.15, -0.1) is 0 Å².